The zero-order chi connectivity index (χ0) is 22.1. The molecule has 3 aromatic rings. The van der Waals surface area contributed by atoms with E-state index in [-0.39, 0.29) is 17.9 Å². The molecule has 1 saturated heterocycles. The Morgan fingerprint density at radius 2 is 1.81 bits per heavy atom. The number of hydrogen-bond donors (Lipinski definition) is 3. The first-order valence-electron chi connectivity index (χ1n) is 11.2. The molecule has 9 nitrogen and oxygen atoms in total. The van der Waals surface area contributed by atoms with Crippen molar-refractivity contribution in [3.63, 3.8) is 0 Å². The number of nitrogens with one attached hydrogen (secondary N) is 1. The number of nitrogens with two attached hydrogens (primary N) is 2. The van der Waals surface area contributed by atoms with E-state index in [1.54, 1.807) is 16.9 Å². The van der Waals surface area contributed by atoms with Gasteiger partial charge in [0.2, 0.25) is 0 Å². The highest BCUT2D eigenvalue weighted by molar-refractivity contribution is 5.95. The topological polar surface area (TPSA) is 124 Å². The second-order valence-electron chi connectivity index (χ2n) is 8.59. The molecule has 9 heteroatoms. The van der Waals surface area contributed by atoms with Crippen molar-refractivity contribution in [2.75, 3.05) is 37.4 Å². The number of fused-ring (bicyclic) bond motifs is 1. The Morgan fingerprint density at radius 1 is 1.09 bits per heavy atom. The number of aromatic nitrogens is 3. The second-order valence-corrected chi connectivity index (χ2v) is 8.59. The van der Waals surface area contributed by atoms with Crippen molar-refractivity contribution in [3.8, 4) is 0 Å². The van der Waals surface area contributed by atoms with Crippen LogP contribution in [0.4, 0.5) is 17.2 Å². The highest BCUT2D eigenvalue weighted by Crippen LogP contribution is 2.41. The fourth-order valence-corrected chi connectivity index (χ4v) is 4.71. The monoisotopic (exact) mass is 435 g/mol. The highest BCUT2D eigenvalue weighted by Gasteiger charge is 2.27. The number of benzene rings is 1. The SMILES string of the molecule is Nc1nn2ccnc2c(Nc2ccc(C(=O)N3CCOCC3)cc2)c1[C@H]1CC[C@H](N)CC1. The molecule has 168 valence electrons. The minimum Gasteiger partial charge on any atom is -0.382 e. The average molecular weight is 436 g/mol. The molecule has 1 aliphatic carbocycles. The fourth-order valence-electron chi connectivity index (χ4n) is 4.71. The van der Waals surface area contributed by atoms with E-state index in [4.69, 9.17) is 16.2 Å². The van der Waals surface area contributed by atoms with Crippen LogP contribution >= 0.6 is 0 Å². The van der Waals surface area contributed by atoms with E-state index >= 15 is 0 Å². The highest BCUT2D eigenvalue weighted by atomic mass is 16.5. The summed E-state index contributed by atoms with van der Waals surface area (Å²) in [5.41, 5.74) is 16.7. The number of carbonyl (C=O) groups excluding carboxylic acids is 1. The minimum atomic E-state index is 0.0305. The van der Waals surface area contributed by atoms with Crippen LogP contribution in [-0.2, 0) is 4.74 Å². The molecule has 32 heavy (non-hydrogen) atoms. The summed E-state index contributed by atoms with van der Waals surface area (Å²) < 4.78 is 7.04. The molecule has 0 atom stereocenters. The van der Waals surface area contributed by atoms with Gasteiger partial charge in [-0.05, 0) is 55.9 Å². The zero-order valence-electron chi connectivity index (χ0n) is 18.0. The number of nitrogens with zero attached hydrogens (tertiary/aromatic N) is 4. The number of nitrogen functional groups attached to an aromatic ring is 1. The van der Waals surface area contributed by atoms with Crippen LogP contribution in [0.3, 0.4) is 0 Å². The molecule has 2 fully saturated rings. The van der Waals surface area contributed by atoms with Crippen LogP contribution in [0, 0.1) is 0 Å². The summed E-state index contributed by atoms with van der Waals surface area (Å²) in [5, 5.41) is 8.04. The van der Waals surface area contributed by atoms with Crippen molar-refractivity contribution in [3.05, 3.63) is 47.8 Å². The van der Waals surface area contributed by atoms with E-state index in [0.717, 1.165) is 48.3 Å². The first-order chi connectivity index (χ1) is 15.6. The van der Waals surface area contributed by atoms with Gasteiger partial charge in [-0.3, -0.25) is 4.79 Å². The van der Waals surface area contributed by atoms with Gasteiger partial charge < -0.3 is 26.4 Å². The summed E-state index contributed by atoms with van der Waals surface area (Å²) in [7, 11) is 0. The largest absolute Gasteiger partial charge is 0.382 e. The summed E-state index contributed by atoms with van der Waals surface area (Å²) >= 11 is 0. The third-order valence-corrected chi connectivity index (χ3v) is 6.49. The molecule has 0 unspecified atom stereocenters. The molecule has 1 amide bonds. The van der Waals surface area contributed by atoms with Crippen molar-refractivity contribution in [1.29, 1.82) is 0 Å². The predicted molar refractivity (Wildman–Crippen MR) is 123 cm³/mol. The van der Waals surface area contributed by atoms with Gasteiger partial charge >= 0.3 is 0 Å². The van der Waals surface area contributed by atoms with E-state index in [1.165, 1.54) is 0 Å². The van der Waals surface area contributed by atoms with Gasteiger partial charge in [0.05, 0.1) is 18.9 Å². The lowest BCUT2D eigenvalue weighted by Crippen LogP contribution is -2.40. The normalized spacial score (nSPS) is 21.6. The Kier molecular flexibility index (Phi) is 5.67. The Hall–Kier alpha value is -3.17. The number of anilines is 3. The summed E-state index contributed by atoms with van der Waals surface area (Å²) in [6, 6.07) is 7.80. The van der Waals surface area contributed by atoms with Gasteiger partial charge in [-0.15, -0.1) is 5.10 Å². The molecule has 5 N–H and O–H groups in total. The van der Waals surface area contributed by atoms with E-state index in [1.807, 2.05) is 29.2 Å². The van der Waals surface area contributed by atoms with E-state index < -0.39 is 0 Å². The average Bonchev–Trinajstić information content (AvgIpc) is 3.29. The van der Waals surface area contributed by atoms with Crippen LogP contribution in [-0.4, -0.2) is 57.8 Å². The molecular weight excluding hydrogens is 406 g/mol. The Bertz CT molecular complexity index is 1100. The van der Waals surface area contributed by atoms with Gasteiger partial charge in [-0.1, -0.05) is 0 Å². The molecule has 0 bridgehead atoms. The number of carbonyl (C=O) groups is 1. The maximum atomic E-state index is 12.7. The lowest BCUT2D eigenvalue weighted by molar-refractivity contribution is 0.0303. The van der Waals surface area contributed by atoms with Gasteiger partial charge in [0.15, 0.2) is 5.65 Å². The maximum absolute atomic E-state index is 12.7. The van der Waals surface area contributed by atoms with E-state index in [2.05, 4.69) is 15.4 Å². The first kappa shape index (κ1) is 20.7. The van der Waals surface area contributed by atoms with Crippen LogP contribution in [0.5, 0.6) is 0 Å². The van der Waals surface area contributed by atoms with Crippen molar-refractivity contribution >= 4 is 28.7 Å². The smallest absolute Gasteiger partial charge is 0.254 e. The van der Waals surface area contributed by atoms with Gasteiger partial charge in [-0.2, -0.15) is 0 Å². The molecule has 5 rings (SSSR count). The second kappa shape index (κ2) is 8.76. The van der Waals surface area contributed by atoms with Gasteiger partial charge in [0.1, 0.15) is 5.82 Å². The molecule has 0 spiro atoms. The van der Waals surface area contributed by atoms with Crippen LogP contribution in [0.15, 0.2) is 36.7 Å². The maximum Gasteiger partial charge on any atom is 0.254 e. The molecule has 0 radical (unpaired) electrons. The number of amides is 1. The summed E-state index contributed by atoms with van der Waals surface area (Å²) in [6.07, 6.45) is 7.42. The minimum absolute atomic E-state index is 0.0305. The fraction of sp³-hybridized carbons (Fsp3) is 0.435. The molecule has 1 aromatic carbocycles. The number of hydrogen-bond acceptors (Lipinski definition) is 7. The number of morpholine rings is 1. The van der Waals surface area contributed by atoms with Gasteiger partial charge in [0.25, 0.3) is 5.91 Å². The Balaban J connectivity index is 1.44. The standard InChI is InChI=1S/C23H29N7O2/c24-17-5-1-15(2-6-17)19-20(22-26-9-10-30(22)28-21(19)25)27-18-7-3-16(4-8-18)23(31)29-11-13-32-14-12-29/h3-4,7-10,15,17,27H,1-2,5-6,11-14,24H2,(H2,25,28)/t15-,17-. The third-order valence-electron chi connectivity index (χ3n) is 6.49. The predicted octanol–water partition coefficient (Wildman–Crippen LogP) is 2.51. The lowest BCUT2D eigenvalue weighted by Gasteiger charge is -2.29. The van der Waals surface area contributed by atoms with Crippen molar-refractivity contribution < 1.29 is 9.53 Å². The van der Waals surface area contributed by atoms with Crippen molar-refractivity contribution in [2.45, 2.75) is 37.6 Å². The third kappa shape index (κ3) is 4.01. The van der Waals surface area contributed by atoms with E-state index in [9.17, 15) is 4.79 Å². The molecular formula is C23H29N7O2. The Morgan fingerprint density at radius 3 is 2.53 bits per heavy atom. The van der Waals surface area contributed by atoms with Crippen LogP contribution < -0.4 is 16.8 Å². The first-order valence-corrected chi connectivity index (χ1v) is 11.2. The van der Waals surface area contributed by atoms with Crippen LogP contribution in [0.2, 0.25) is 0 Å². The summed E-state index contributed by atoms with van der Waals surface area (Å²) in [5.74, 6) is 0.828. The number of ether oxygens (including phenoxy) is 1. The summed E-state index contributed by atoms with van der Waals surface area (Å²) in [6.45, 7) is 2.43. The number of rotatable bonds is 4. The number of imidazole rings is 1. The quantitative estimate of drug-likeness (QED) is 0.575. The Labute approximate surface area is 186 Å². The molecule has 1 saturated carbocycles. The van der Waals surface area contributed by atoms with Crippen LogP contribution in [0.1, 0.15) is 47.5 Å². The molecule has 2 aromatic heterocycles. The zero-order valence-corrected chi connectivity index (χ0v) is 18.0. The van der Waals surface area contributed by atoms with Gasteiger partial charge in [0, 0.05) is 48.3 Å². The van der Waals surface area contributed by atoms with Crippen LogP contribution in [0.25, 0.3) is 5.65 Å². The van der Waals surface area contributed by atoms with Crippen molar-refractivity contribution in [2.24, 2.45) is 5.73 Å². The van der Waals surface area contributed by atoms with E-state index in [0.29, 0.717) is 37.7 Å². The molecule has 3 heterocycles. The molecule has 2 aliphatic rings. The molecule has 1 aliphatic heterocycles. The lowest BCUT2D eigenvalue weighted by atomic mass is 9.81. The van der Waals surface area contributed by atoms with Crippen molar-refractivity contribution in [1.82, 2.24) is 19.5 Å². The van der Waals surface area contributed by atoms with Gasteiger partial charge in [-0.25, -0.2) is 9.50 Å². The summed E-state index contributed by atoms with van der Waals surface area (Å²) in [4.78, 5) is 19.1.